The predicted molar refractivity (Wildman–Crippen MR) is 49.7 cm³/mol. The molecule has 1 heterocycles. The molecule has 0 aliphatic carbocycles. The molecule has 0 radical (unpaired) electrons. The summed E-state index contributed by atoms with van der Waals surface area (Å²) >= 11 is 0. The molecule has 0 saturated carbocycles. The van der Waals surface area contributed by atoms with Crippen LogP contribution in [0.4, 0.5) is 0 Å². The van der Waals surface area contributed by atoms with E-state index in [4.69, 9.17) is 0 Å². The third-order valence-electron chi connectivity index (χ3n) is 3.19. The Morgan fingerprint density at radius 2 is 1.82 bits per heavy atom. The largest absolute Gasteiger partial charge is 0.317 e. The predicted octanol–water partition coefficient (Wildman–Crippen LogP) is 2.57. The van der Waals surface area contributed by atoms with Gasteiger partial charge in [0.1, 0.15) is 0 Å². The molecule has 11 heavy (non-hydrogen) atoms. The molecule has 0 unspecified atom stereocenters. The molecule has 0 spiro atoms. The van der Waals surface area contributed by atoms with Crippen molar-refractivity contribution in [2.45, 2.75) is 46.0 Å². The maximum absolute atomic E-state index is 3.43. The Morgan fingerprint density at radius 1 is 1.18 bits per heavy atom. The molecule has 66 valence electrons. The Balaban J connectivity index is 2.42. The van der Waals surface area contributed by atoms with Crippen molar-refractivity contribution in [1.82, 2.24) is 5.32 Å². The monoisotopic (exact) mass is 155 g/mol. The number of nitrogens with one attached hydrogen (secondary N) is 1. The SMILES string of the molecule is CCCC1(CC)CCNCC1. The molecule has 0 atom stereocenters. The van der Waals surface area contributed by atoms with E-state index in [1.165, 1.54) is 45.2 Å². The van der Waals surface area contributed by atoms with Crippen molar-refractivity contribution in [3.63, 3.8) is 0 Å². The van der Waals surface area contributed by atoms with E-state index >= 15 is 0 Å². The van der Waals surface area contributed by atoms with Crippen molar-refractivity contribution < 1.29 is 0 Å². The molecular formula is C10H21N. The van der Waals surface area contributed by atoms with Crippen LogP contribution in [0, 0.1) is 5.41 Å². The van der Waals surface area contributed by atoms with Crippen molar-refractivity contribution in [2.24, 2.45) is 5.41 Å². The molecular weight excluding hydrogens is 134 g/mol. The lowest BCUT2D eigenvalue weighted by molar-refractivity contribution is 0.175. The fourth-order valence-corrected chi connectivity index (χ4v) is 2.27. The van der Waals surface area contributed by atoms with Crippen molar-refractivity contribution >= 4 is 0 Å². The average Bonchev–Trinajstić information content (AvgIpc) is 2.07. The average molecular weight is 155 g/mol. The van der Waals surface area contributed by atoms with Gasteiger partial charge in [-0.1, -0.05) is 26.7 Å². The summed E-state index contributed by atoms with van der Waals surface area (Å²) in [5.41, 5.74) is 0.708. The summed E-state index contributed by atoms with van der Waals surface area (Å²) in [6.45, 7) is 7.14. The minimum atomic E-state index is 0.708. The quantitative estimate of drug-likeness (QED) is 0.660. The number of rotatable bonds is 3. The lowest BCUT2D eigenvalue weighted by Gasteiger charge is -2.36. The Kier molecular flexibility index (Phi) is 3.38. The third-order valence-corrected chi connectivity index (χ3v) is 3.19. The zero-order valence-corrected chi connectivity index (χ0v) is 7.95. The van der Waals surface area contributed by atoms with Crippen LogP contribution >= 0.6 is 0 Å². The van der Waals surface area contributed by atoms with Crippen molar-refractivity contribution in [3.05, 3.63) is 0 Å². The summed E-state index contributed by atoms with van der Waals surface area (Å²) in [6.07, 6.45) is 6.97. The maximum Gasteiger partial charge on any atom is -0.00436 e. The molecule has 1 heteroatoms. The van der Waals surface area contributed by atoms with Crippen LogP contribution in [-0.2, 0) is 0 Å². The molecule has 0 bridgehead atoms. The van der Waals surface area contributed by atoms with Gasteiger partial charge in [-0.2, -0.15) is 0 Å². The zero-order valence-electron chi connectivity index (χ0n) is 7.95. The fourth-order valence-electron chi connectivity index (χ4n) is 2.27. The minimum absolute atomic E-state index is 0.708. The van der Waals surface area contributed by atoms with Gasteiger partial charge in [0, 0.05) is 0 Å². The molecule has 1 N–H and O–H groups in total. The van der Waals surface area contributed by atoms with Crippen LogP contribution in [0.3, 0.4) is 0 Å². The molecule has 0 aromatic heterocycles. The second kappa shape index (κ2) is 4.10. The van der Waals surface area contributed by atoms with Crippen LogP contribution in [0.25, 0.3) is 0 Å². The van der Waals surface area contributed by atoms with Crippen molar-refractivity contribution in [2.75, 3.05) is 13.1 Å². The Labute approximate surface area is 70.6 Å². The first-order chi connectivity index (χ1) is 5.33. The first-order valence-electron chi connectivity index (χ1n) is 5.04. The van der Waals surface area contributed by atoms with Gasteiger partial charge in [0.05, 0.1) is 0 Å². The molecule has 1 aliphatic heterocycles. The van der Waals surface area contributed by atoms with E-state index in [2.05, 4.69) is 19.2 Å². The molecule has 1 rings (SSSR count). The van der Waals surface area contributed by atoms with E-state index in [1.54, 1.807) is 0 Å². The third kappa shape index (κ3) is 2.19. The van der Waals surface area contributed by atoms with E-state index in [-0.39, 0.29) is 0 Å². The summed E-state index contributed by atoms with van der Waals surface area (Å²) in [4.78, 5) is 0. The minimum Gasteiger partial charge on any atom is -0.317 e. The Bertz CT molecular complexity index is 97.9. The molecule has 1 fully saturated rings. The van der Waals surface area contributed by atoms with E-state index in [1.807, 2.05) is 0 Å². The summed E-state index contributed by atoms with van der Waals surface area (Å²) in [7, 11) is 0. The first-order valence-corrected chi connectivity index (χ1v) is 5.04. The Hall–Kier alpha value is -0.0400. The van der Waals surface area contributed by atoms with Gasteiger partial charge in [0.2, 0.25) is 0 Å². The highest BCUT2D eigenvalue weighted by Crippen LogP contribution is 2.36. The summed E-state index contributed by atoms with van der Waals surface area (Å²) in [5.74, 6) is 0. The van der Waals surface area contributed by atoms with Gasteiger partial charge in [0.15, 0.2) is 0 Å². The highest BCUT2D eigenvalue weighted by atomic mass is 14.9. The summed E-state index contributed by atoms with van der Waals surface area (Å²) in [5, 5.41) is 3.43. The van der Waals surface area contributed by atoms with Gasteiger partial charge in [-0.25, -0.2) is 0 Å². The van der Waals surface area contributed by atoms with Gasteiger partial charge in [-0.3, -0.25) is 0 Å². The Morgan fingerprint density at radius 3 is 2.27 bits per heavy atom. The van der Waals surface area contributed by atoms with E-state index in [0.29, 0.717) is 5.41 Å². The van der Waals surface area contributed by atoms with Crippen LogP contribution in [0.1, 0.15) is 46.0 Å². The first kappa shape index (κ1) is 9.05. The molecule has 1 saturated heterocycles. The van der Waals surface area contributed by atoms with E-state index in [9.17, 15) is 0 Å². The normalized spacial score (nSPS) is 23.5. The molecule has 0 aromatic rings. The molecule has 1 aliphatic rings. The highest BCUT2D eigenvalue weighted by Gasteiger charge is 2.28. The van der Waals surface area contributed by atoms with Crippen LogP contribution in [0.2, 0.25) is 0 Å². The lowest BCUT2D eigenvalue weighted by atomic mass is 9.73. The highest BCUT2D eigenvalue weighted by molar-refractivity contribution is 4.82. The van der Waals surface area contributed by atoms with Crippen molar-refractivity contribution in [1.29, 1.82) is 0 Å². The fraction of sp³-hybridized carbons (Fsp3) is 1.00. The topological polar surface area (TPSA) is 12.0 Å². The summed E-state index contributed by atoms with van der Waals surface area (Å²) in [6, 6.07) is 0. The summed E-state index contributed by atoms with van der Waals surface area (Å²) < 4.78 is 0. The second-order valence-electron chi connectivity index (χ2n) is 3.85. The van der Waals surface area contributed by atoms with Gasteiger partial charge in [0.25, 0.3) is 0 Å². The maximum atomic E-state index is 3.43. The molecule has 0 amide bonds. The van der Waals surface area contributed by atoms with Gasteiger partial charge >= 0.3 is 0 Å². The smallest absolute Gasteiger partial charge is 0.00436 e. The number of hydrogen-bond acceptors (Lipinski definition) is 1. The van der Waals surface area contributed by atoms with Crippen LogP contribution in [0.5, 0.6) is 0 Å². The standard InChI is InChI=1S/C10H21N/c1-3-5-10(4-2)6-8-11-9-7-10/h11H,3-9H2,1-2H3. The second-order valence-corrected chi connectivity index (χ2v) is 3.85. The van der Waals surface area contributed by atoms with Gasteiger partial charge in [-0.05, 0) is 37.8 Å². The number of piperidine rings is 1. The van der Waals surface area contributed by atoms with E-state index in [0.717, 1.165) is 0 Å². The molecule has 0 aromatic carbocycles. The van der Waals surface area contributed by atoms with Crippen LogP contribution < -0.4 is 5.32 Å². The van der Waals surface area contributed by atoms with E-state index < -0.39 is 0 Å². The van der Waals surface area contributed by atoms with Gasteiger partial charge in [-0.15, -0.1) is 0 Å². The number of hydrogen-bond donors (Lipinski definition) is 1. The zero-order chi connectivity index (χ0) is 8.16. The molecule has 1 nitrogen and oxygen atoms in total. The van der Waals surface area contributed by atoms with Gasteiger partial charge < -0.3 is 5.32 Å². The van der Waals surface area contributed by atoms with Crippen LogP contribution in [-0.4, -0.2) is 13.1 Å². The van der Waals surface area contributed by atoms with Crippen LogP contribution in [0.15, 0.2) is 0 Å². The van der Waals surface area contributed by atoms with Crippen molar-refractivity contribution in [3.8, 4) is 0 Å². The lowest BCUT2D eigenvalue weighted by Crippen LogP contribution is -2.36.